The third-order valence-electron chi connectivity index (χ3n) is 3.33. The van der Waals surface area contributed by atoms with Crippen LogP contribution in [0.5, 0.6) is 5.75 Å². The summed E-state index contributed by atoms with van der Waals surface area (Å²) >= 11 is 0. The van der Waals surface area contributed by atoms with Crippen molar-refractivity contribution < 1.29 is 18.3 Å². The molecule has 116 valence electrons. The number of ether oxygens (including phenoxy) is 1. The van der Waals surface area contributed by atoms with Crippen LogP contribution in [0.2, 0.25) is 0 Å². The summed E-state index contributed by atoms with van der Waals surface area (Å²) in [6.45, 7) is 0.494. The largest absolute Gasteiger partial charge is 0.493 e. The van der Waals surface area contributed by atoms with Crippen molar-refractivity contribution in [2.75, 3.05) is 6.61 Å². The first-order valence-electron chi connectivity index (χ1n) is 7.32. The minimum absolute atomic E-state index is 0.348. The van der Waals surface area contributed by atoms with Gasteiger partial charge in [-0.3, -0.25) is 0 Å². The summed E-state index contributed by atoms with van der Waals surface area (Å²) in [5.41, 5.74) is 1.04. The van der Waals surface area contributed by atoms with Gasteiger partial charge in [0.25, 0.3) is 0 Å². The van der Waals surface area contributed by atoms with Crippen LogP contribution in [-0.4, -0.2) is 12.9 Å². The van der Waals surface area contributed by atoms with Gasteiger partial charge < -0.3 is 9.53 Å². The van der Waals surface area contributed by atoms with Gasteiger partial charge in [0.1, 0.15) is 23.7 Å². The highest BCUT2D eigenvalue weighted by molar-refractivity contribution is 5.64. The minimum atomic E-state index is -0.398. The number of hydrogen-bond donors (Lipinski definition) is 0. The first kappa shape index (κ1) is 16.1. The summed E-state index contributed by atoms with van der Waals surface area (Å²) in [4.78, 5) is 10.2. The third kappa shape index (κ3) is 4.65. The van der Waals surface area contributed by atoms with Gasteiger partial charge in [-0.25, -0.2) is 8.78 Å². The van der Waals surface area contributed by atoms with E-state index in [1.165, 1.54) is 18.2 Å². The molecule has 0 saturated carbocycles. The fourth-order valence-corrected chi connectivity index (χ4v) is 2.15. The lowest BCUT2D eigenvalue weighted by atomic mass is 10.1. The van der Waals surface area contributed by atoms with Gasteiger partial charge >= 0.3 is 0 Å². The molecule has 0 radical (unpaired) electrons. The van der Waals surface area contributed by atoms with Gasteiger partial charge in [-0.15, -0.1) is 0 Å². The van der Waals surface area contributed by atoms with Gasteiger partial charge in [0.15, 0.2) is 0 Å². The molecular weight excluding hydrogens is 286 g/mol. The molecule has 2 aromatic rings. The number of rotatable bonds is 8. The SMILES string of the molecule is O=CCCCCCOc1ccc(-c2ccc(F)cc2)c(F)c1. The molecule has 0 aromatic heterocycles. The van der Waals surface area contributed by atoms with Crippen LogP contribution in [0.3, 0.4) is 0 Å². The van der Waals surface area contributed by atoms with E-state index in [0.717, 1.165) is 25.5 Å². The van der Waals surface area contributed by atoms with Gasteiger partial charge in [0.2, 0.25) is 0 Å². The normalized spacial score (nSPS) is 10.5. The maximum absolute atomic E-state index is 14.1. The molecule has 2 aromatic carbocycles. The summed E-state index contributed by atoms with van der Waals surface area (Å²) in [7, 11) is 0. The fourth-order valence-electron chi connectivity index (χ4n) is 2.15. The molecular formula is C18H18F2O2. The number of benzene rings is 2. The second-order valence-corrected chi connectivity index (χ2v) is 5.01. The molecule has 0 atom stereocenters. The second-order valence-electron chi connectivity index (χ2n) is 5.01. The van der Waals surface area contributed by atoms with Gasteiger partial charge in [-0.2, -0.15) is 0 Å². The molecule has 0 aliphatic carbocycles. The lowest BCUT2D eigenvalue weighted by molar-refractivity contribution is -0.107. The van der Waals surface area contributed by atoms with Gasteiger partial charge in [-0.05, 0) is 49.1 Å². The Morgan fingerprint density at radius 1 is 0.955 bits per heavy atom. The number of hydrogen-bond acceptors (Lipinski definition) is 2. The van der Waals surface area contributed by atoms with Crippen molar-refractivity contribution in [3.63, 3.8) is 0 Å². The average molecular weight is 304 g/mol. The average Bonchev–Trinajstić information content (AvgIpc) is 2.52. The standard InChI is InChI=1S/C18H18F2O2/c19-15-7-5-14(6-8-15)17-10-9-16(13-18(17)20)22-12-4-2-1-3-11-21/h5-11,13H,1-4,12H2. The smallest absolute Gasteiger partial charge is 0.134 e. The molecule has 0 heterocycles. The third-order valence-corrected chi connectivity index (χ3v) is 3.33. The number of aldehydes is 1. The molecule has 0 N–H and O–H groups in total. The van der Waals surface area contributed by atoms with Crippen LogP contribution in [-0.2, 0) is 4.79 Å². The van der Waals surface area contributed by atoms with Crippen LogP contribution in [0.1, 0.15) is 25.7 Å². The number of carbonyl (C=O) groups excluding carboxylic acids is 1. The molecule has 4 heteroatoms. The van der Waals surface area contributed by atoms with Crippen molar-refractivity contribution in [3.05, 3.63) is 54.1 Å². The van der Waals surface area contributed by atoms with Crippen LogP contribution in [0.15, 0.2) is 42.5 Å². The van der Waals surface area contributed by atoms with Crippen molar-refractivity contribution in [2.24, 2.45) is 0 Å². The topological polar surface area (TPSA) is 26.3 Å². The number of unbranched alkanes of at least 4 members (excludes halogenated alkanes) is 3. The predicted molar refractivity (Wildman–Crippen MR) is 81.8 cm³/mol. The molecule has 0 amide bonds. The highest BCUT2D eigenvalue weighted by atomic mass is 19.1. The maximum Gasteiger partial charge on any atom is 0.134 e. The molecule has 0 fully saturated rings. The Morgan fingerprint density at radius 2 is 1.73 bits per heavy atom. The quantitative estimate of drug-likeness (QED) is 0.518. The number of carbonyl (C=O) groups is 1. The van der Waals surface area contributed by atoms with E-state index >= 15 is 0 Å². The van der Waals surface area contributed by atoms with E-state index in [9.17, 15) is 13.6 Å². The Balaban J connectivity index is 1.92. The molecule has 0 unspecified atom stereocenters. The molecule has 0 bridgehead atoms. The van der Waals surface area contributed by atoms with Crippen molar-refractivity contribution in [1.29, 1.82) is 0 Å². The maximum atomic E-state index is 14.1. The predicted octanol–water partition coefficient (Wildman–Crippen LogP) is 4.77. The summed E-state index contributed by atoms with van der Waals surface area (Å²) in [5.74, 6) is -0.275. The Kier molecular flexibility index (Phi) is 6.07. The molecule has 0 aliphatic rings. The zero-order valence-corrected chi connectivity index (χ0v) is 12.2. The first-order chi connectivity index (χ1) is 10.7. The van der Waals surface area contributed by atoms with Crippen LogP contribution in [0, 0.1) is 11.6 Å². The minimum Gasteiger partial charge on any atom is -0.493 e. The second kappa shape index (κ2) is 8.27. The molecule has 0 spiro atoms. The Hall–Kier alpha value is -2.23. The van der Waals surface area contributed by atoms with Crippen LogP contribution in [0.25, 0.3) is 11.1 Å². The van der Waals surface area contributed by atoms with Gasteiger partial charge in [0.05, 0.1) is 6.61 Å². The summed E-state index contributed by atoms with van der Waals surface area (Å²) < 4.78 is 32.5. The number of halogens is 2. The van der Waals surface area contributed by atoms with E-state index in [2.05, 4.69) is 0 Å². The van der Waals surface area contributed by atoms with Crippen molar-refractivity contribution >= 4 is 6.29 Å². The van der Waals surface area contributed by atoms with E-state index in [-0.39, 0.29) is 5.82 Å². The van der Waals surface area contributed by atoms with E-state index < -0.39 is 5.82 Å². The molecule has 2 rings (SSSR count). The summed E-state index contributed by atoms with van der Waals surface area (Å²) in [5, 5.41) is 0. The van der Waals surface area contributed by atoms with Gasteiger partial charge in [0, 0.05) is 18.1 Å². The summed E-state index contributed by atoms with van der Waals surface area (Å²) in [6, 6.07) is 10.4. The van der Waals surface area contributed by atoms with Crippen molar-refractivity contribution in [1.82, 2.24) is 0 Å². The monoisotopic (exact) mass is 304 g/mol. The van der Waals surface area contributed by atoms with E-state index in [1.54, 1.807) is 24.3 Å². The molecule has 0 aliphatic heterocycles. The molecule has 22 heavy (non-hydrogen) atoms. The molecule has 0 saturated heterocycles. The first-order valence-corrected chi connectivity index (χ1v) is 7.32. The van der Waals surface area contributed by atoms with Crippen LogP contribution >= 0.6 is 0 Å². The highest BCUT2D eigenvalue weighted by Crippen LogP contribution is 2.26. The van der Waals surface area contributed by atoms with Crippen LogP contribution < -0.4 is 4.74 Å². The Labute approximate surface area is 128 Å². The zero-order valence-electron chi connectivity index (χ0n) is 12.2. The fraction of sp³-hybridized carbons (Fsp3) is 0.278. The van der Waals surface area contributed by atoms with E-state index in [0.29, 0.717) is 29.9 Å². The Bertz CT molecular complexity index is 609. The zero-order chi connectivity index (χ0) is 15.8. The van der Waals surface area contributed by atoms with Crippen LogP contribution in [0.4, 0.5) is 8.78 Å². The molecule has 2 nitrogen and oxygen atoms in total. The van der Waals surface area contributed by atoms with E-state index in [1.807, 2.05) is 0 Å². The lowest BCUT2D eigenvalue weighted by Crippen LogP contribution is -1.98. The Morgan fingerprint density at radius 3 is 2.41 bits per heavy atom. The van der Waals surface area contributed by atoms with Gasteiger partial charge in [-0.1, -0.05) is 12.1 Å². The van der Waals surface area contributed by atoms with Crippen molar-refractivity contribution in [3.8, 4) is 16.9 Å². The summed E-state index contributed by atoms with van der Waals surface area (Å²) in [6.07, 6.45) is 4.07. The highest BCUT2D eigenvalue weighted by Gasteiger charge is 2.07. The van der Waals surface area contributed by atoms with Crippen molar-refractivity contribution in [2.45, 2.75) is 25.7 Å². The lowest BCUT2D eigenvalue weighted by Gasteiger charge is -2.08. The van der Waals surface area contributed by atoms with E-state index in [4.69, 9.17) is 4.74 Å².